The van der Waals surface area contributed by atoms with E-state index in [4.69, 9.17) is 9.26 Å². The van der Waals surface area contributed by atoms with Crippen molar-refractivity contribution in [3.05, 3.63) is 40.2 Å². The molecule has 2 aromatic rings. The molecule has 0 atom stereocenters. The van der Waals surface area contributed by atoms with Crippen LogP contribution < -0.4 is 4.74 Å². The number of hydrogen-bond donors (Lipinski definition) is 0. The number of nitrogens with zero attached hydrogens (tertiary/aromatic N) is 2. The van der Waals surface area contributed by atoms with E-state index in [2.05, 4.69) is 21.1 Å². The van der Waals surface area contributed by atoms with Crippen molar-refractivity contribution in [1.29, 1.82) is 0 Å². The molecule has 0 aliphatic rings. The lowest BCUT2D eigenvalue weighted by molar-refractivity contribution is 0.286. The van der Waals surface area contributed by atoms with E-state index in [1.54, 1.807) is 13.8 Å². The van der Waals surface area contributed by atoms with E-state index in [1.807, 2.05) is 24.3 Å². The minimum atomic E-state index is -3.63. The molecule has 0 spiro atoms. The molecular formula is C14H17BrN2O4S. The van der Waals surface area contributed by atoms with Gasteiger partial charge in [-0.25, -0.2) is 8.42 Å². The van der Waals surface area contributed by atoms with Crippen LogP contribution in [0.2, 0.25) is 0 Å². The van der Waals surface area contributed by atoms with Crippen molar-refractivity contribution in [2.45, 2.75) is 18.7 Å². The zero-order chi connectivity index (χ0) is 16.3. The van der Waals surface area contributed by atoms with Crippen LogP contribution in [0.4, 0.5) is 0 Å². The predicted molar refractivity (Wildman–Crippen MR) is 85.4 cm³/mol. The first-order chi connectivity index (χ1) is 10.3. The van der Waals surface area contributed by atoms with E-state index in [0.717, 1.165) is 4.47 Å². The van der Waals surface area contributed by atoms with E-state index < -0.39 is 10.0 Å². The molecule has 0 aliphatic heterocycles. The van der Waals surface area contributed by atoms with Crippen molar-refractivity contribution >= 4 is 26.0 Å². The minimum Gasteiger partial charge on any atom is -0.492 e. The summed E-state index contributed by atoms with van der Waals surface area (Å²) in [6, 6.07) is 7.35. The normalized spacial score (nSPS) is 11.9. The van der Waals surface area contributed by atoms with Gasteiger partial charge in [-0.05, 0) is 38.1 Å². The van der Waals surface area contributed by atoms with Crippen molar-refractivity contribution < 1.29 is 17.7 Å². The SMILES string of the molecule is Cc1noc(C)c1S(=O)(=O)N(C)CCOc1ccc(Br)cc1. The average molecular weight is 389 g/mol. The lowest BCUT2D eigenvalue weighted by Crippen LogP contribution is -2.31. The molecule has 1 aromatic carbocycles. The number of likely N-dealkylation sites (N-methyl/N-ethyl adjacent to an activating group) is 1. The van der Waals surface area contributed by atoms with Crippen molar-refractivity contribution in [3.8, 4) is 5.75 Å². The predicted octanol–water partition coefficient (Wildman–Crippen LogP) is 2.75. The van der Waals surface area contributed by atoms with Crippen LogP contribution in [0.1, 0.15) is 11.5 Å². The van der Waals surface area contributed by atoms with Gasteiger partial charge < -0.3 is 9.26 Å². The maximum Gasteiger partial charge on any atom is 0.248 e. The van der Waals surface area contributed by atoms with Crippen molar-refractivity contribution in [2.24, 2.45) is 0 Å². The molecule has 6 nitrogen and oxygen atoms in total. The van der Waals surface area contributed by atoms with Gasteiger partial charge in [-0.15, -0.1) is 0 Å². The summed E-state index contributed by atoms with van der Waals surface area (Å²) in [7, 11) is -2.12. The maximum atomic E-state index is 12.5. The summed E-state index contributed by atoms with van der Waals surface area (Å²) in [6.07, 6.45) is 0. The molecular weight excluding hydrogens is 372 g/mol. The van der Waals surface area contributed by atoms with Crippen LogP contribution >= 0.6 is 15.9 Å². The van der Waals surface area contributed by atoms with Crippen LogP contribution in [-0.2, 0) is 10.0 Å². The van der Waals surface area contributed by atoms with E-state index in [0.29, 0.717) is 11.4 Å². The van der Waals surface area contributed by atoms with Crippen LogP contribution in [0.25, 0.3) is 0 Å². The van der Waals surface area contributed by atoms with Crippen LogP contribution in [0, 0.1) is 13.8 Å². The Balaban J connectivity index is 2.00. The number of halogens is 1. The van der Waals surface area contributed by atoms with Gasteiger partial charge in [-0.3, -0.25) is 0 Å². The largest absolute Gasteiger partial charge is 0.492 e. The number of hydrogen-bond acceptors (Lipinski definition) is 5. The molecule has 1 aromatic heterocycles. The van der Waals surface area contributed by atoms with E-state index in [9.17, 15) is 8.42 Å². The second-order valence-electron chi connectivity index (χ2n) is 4.78. The Hall–Kier alpha value is -1.38. The van der Waals surface area contributed by atoms with Crippen molar-refractivity contribution in [3.63, 3.8) is 0 Å². The summed E-state index contributed by atoms with van der Waals surface area (Å²) in [5.41, 5.74) is 0.359. The monoisotopic (exact) mass is 388 g/mol. The fourth-order valence-corrected chi connectivity index (χ4v) is 3.64. The summed E-state index contributed by atoms with van der Waals surface area (Å²) in [5.74, 6) is 0.976. The molecule has 0 aliphatic carbocycles. The highest BCUT2D eigenvalue weighted by molar-refractivity contribution is 9.10. The summed E-state index contributed by atoms with van der Waals surface area (Å²) in [5, 5.41) is 3.68. The first-order valence-electron chi connectivity index (χ1n) is 6.60. The second kappa shape index (κ2) is 6.80. The van der Waals surface area contributed by atoms with Gasteiger partial charge >= 0.3 is 0 Å². The average Bonchev–Trinajstić information content (AvgIpc) is 2.80. The molecule has 2 rings (SSSR count). The van der Waals surface area contributed by atoms with E-state index in [1.165, 1.54) is 11.4 Å². The van der Waals surface area contributed by atoms with Crippen LogP contribution in [0.15, 0.2) is 38.2 Å². The smallest absolute Gasteiger partial charge is 0.248 e. The molecule has 1 heterocycles. The third kappa shape index (κ3) is 3.68. The molecule has 0 radical (unpaired) electrons. The highest BCUT2D eigenvalue weighted by atomic mass is 79.9. The maximum absolute atomic E-state index is 12.5. The number of rotatable bonds is 6. The van der Waals surface area contributed by atoms with Crippen LogP contribution in [-0.4, -0.2) is 38.1 Å². The topological polar surface area (TPSA) is 72.6 Å². The van der Waals surface area contributed by atoms with Gasteiger partial charge in [0.05, 0.1) is 0 Å². The first-order valence-corrected chi connectivity index (χ1v) is 8.83. The molecule has 0 saturated carbocycles. The number of sulfonamides is 1. The number of benzene rings is 1. The van der Waals surface area contributed by atoms with E-state index >= 15 is 0 Å². The number of aryl methyl sites for hydroxylation is 2. The Morgan fingerprint density at radius 2 is 1.91 bits per heavy atom. The quantitative estimate of drug-likeness (QED) is 0.760. The minimum absolute atomic E-state index is 0.124. The zero-order valence-electron chi connectivity index (χ0n) is 12.5. The Morgan fingerprint density at radius 1 is 1.27 bits per heavy atom. The van der Waals surface area contributed by atoms with E-state index in [-0.39, 0.29) is 23.8 Å². The lowest BCUT2D eigenvalue weighted by Gasteiger charge is -2.17. The Morgan fingerprint density at radius 3 is 2.45 bits per heavy atom. The number of ether oxygens (including phenoxy) is 1. The molecule has 120 valence electrons. The molecule has 0 amide bonds. The summed E-state index contributed by atoms with van der Waals surface area (Å²) >= 11 is 3.34. The summed E-state index contributed by atoms with van der Waals surface area (Å²) in [4.78, 5) is 0.124. The standard InChI is InChI=1S/C14H17BrN2O4S/c1-10-14(11(2)21-16-10)22(18,19)17(3)8-9-20-13-6-4-12(15)5-7-13/h4-7H,8-9H2,1-3H3. The fraction of sp³-hybridized carbons (Fsp3) is 0.357. The van der Waals surface area contributed by atoms with Gasteiger partial charge in [0.25, 0.3) is 0 Å². The highest BCUT2D eigenvalue weighted by Crippen LogP contribution is 2.22. The lowest BCUT2D eigenvalue weighted by atomic mass is 10.3. The van der Waals surface area contributed by atoms with Gasteiger partial charge in [-0.1, -0.05) is 21.1 Å². The fourth-order valence-electron chi connectivity index (χ4n) is 1.94. The summed E-state index contributed by atoms with van der Waals surface area (Å²) in [6.45, 7) is 3.66. The molecule has 8 heteroatoms. The van der Waals surface area contributed by atoms with Crippen LogP contribution in [0.5, 0.6) is 5.75 Å². The Bertz CT molecular complexity index is 721. The number of aromatic nitrogens is 1. The van der Waals surface area contributed by atoms with Gasteiger partial charge in [0.1, 0.15) is 22.9 Å². The molecule has 0 fully saturated rings. The zero-order valence-corrected chi connectivity index (χ0v) is 14.9. The molecule has 0 unspecified atom stereocenters. The molecule has 22 heavy (non-hydrogen) atoms. The van der Waals surface area contributed by atoms with Gasteiger partial charge in [-0.2, -0.15) is 4.31 Å². The third-order valence-corrected chi connectivity index (χ3v) is 5.76. The molecule has 0 saturated heterocycles. The highest BCUT2D eigenvalue weighted by Gasteiger charge is 2.28. The van der Waals surface area contributed by atoms with Gasteiger partial charge in [0.15, 0.2) is 5.76 Å². The third-order valence-electron chi connectivity index (χ3n) is 3.12. The Kier molecular flexibility index (Phi) is 5.25. The second-order valence-corrected chi connectivity index (χ2v) is 7.68. The van der Waals surface area contributed by atoms with Gasteiger partial charge in [0.2, 0.25) is 10.0 Å². The Labute approximate surface area is 138 Å². The molecule has 0 N–H and O–H groups in total. The molecule has 0 bridgehead atoms. The van der Waals surface area contributed by atoms with Gasteiger partial charge in [0, 0.05) is 18.1 Å². The van der Waals surface area contributed by atoms with Crippen LogP contribution in [0.3, 0.4) is 0 Å². The van der Waals surface area contributed by atoms with Crippen molar-refractivity contribution in [2.75, 3.05) is 20.2 Å². The summed E-state index contributed by atoms with van der Waals surface area (Å²) < 4.78 is 37.6. The first kappa shape index (κ1) is 17.0. The van der Waals surface area contributed by atoms with Crippen molar-refractivity contribution in [1.82, 2.24) is 9.46 Å².